The van der Waals surface area contributed by atoms with Crippen LogP contribution in [0.4, 0.5) is 11.4 Å². The highest BCUT2D eigenvalue weighted by Gasteiger charge is 2.38. The number of fused-ring (bicyclic) bond motifs is 1. The van der Waals surface area contributed by atoms with Crippen molar-refractivity contribution in [2.75, 3.05) is 29.9 Å². The van der Waals surface area contributed by atoms with E-state index in [1.54, 1.807) is 54.6 Å². The number of anilines is 2. The zero-order valence-corrected chi connectivity index (χ0v) is 20.0. The Bertz CT molecular complexity index is 1290. The summed E-state index contributed by atoms with van der Waals surface area (Å²) in [5.74, 6) is 0.908. The van der Waals surface area contributed by atoms with Crippen LogP contribution in [-0.4, -0.2) is 40.7 Å². The summed E-state index contributed by atoms with van der Waals surface area (Å²) in [6.45, 7) is 3.97. The molecule has 0 radical (unpaired) electrons. The van der Waals surface area contributed by atoms with E-state index in [0.717, 1.165) is 5.56 Å². The van der Waals surface area contributed by atoms with Crippen molar-refractivity contribution in [2.45, 2.75) is 24.8 Å². The van der Waals surface area contributed by atoms with Gasteiger partial charge in [0.2, 0.25) is 0 Å². The van der Waals surface area contributed by atoms with Crippen LogP contribution in [0.25, 0.3) is 0 Å². The molecule has 0 saturated carbocycles. The van der Waals surface area contributed by atoms with Crippen LogP contribution in [0.3, 0.4) is 0 Å². The molecule has 8 nitrogen and oxygen atoms in total. The highest BCUT2D eigenvalue weighted by molar-refractivity contribution is 7.92. The molecule has 0 unspecified atom stereocenters. The van der Waals surface area contributed by atoms with Gasteiger partial charge >= 0.3 is 0 Å². The second-order valence-corrected chi connectivity index (χ2v) is 9.57. The Kier molecular flexibility index (Phi) is 6.65. The van der Waals surface area contributed by atoms with Gasteiger partial charge in [0, 0.05) is 0 Å². The molecule has 0 aliphatic carbocycles. The van der Waals surface area contributed by atoms with E-state index in [4.69, 9.17) is 14.2 Å². The highest BCUT2D eigenvalue weighted by Crippen LogP contribution is 2.38. The second-order valence-electron chi connectivity index (χ2n) is 7.71. The summed E-state index contributed by atoms with van der Waals surface area (Å²) < 4.78 is 45.1. The van der Waals surface area contributed by atoms with Crippen molar-refractivity contribution in [3.05, 3.63) is 72.3 Å². The van der Waals surface area contributed by atoms with Gasteiger partial charge in [-0.3, -0.25) is 9.10 Å². The van der Waals surface area contributed by atoms with Crippen molar-refractivity contribution in [1.82, 2.24) is 0 Å². The maximum atomic E-state index is 13.6. The number of aryl methyl sites for hydroxylation is 1. The summed E-state index contributed by atoms with van der Waals surface area (Å²) in [5.41, 5.74) is 1.74. The van der Waals surface area contributed by atoms with Crippen LogP contribution >= 0.6 is 0 Å². The lowest BCUT2D eigenvalue weighted by Gasteiger charge is -2.35. The fourth-order valence-electron chi connectivity index (χ4n) is 3.66. The number of hydrogen-bond acceptors (Lipinski definition) is 6. The molecule has 1 aliphatic rings. The summed E-state index contributed by atoms with van der Waals surface area (Å²) in [7, 11) is -2.47. The molecule has 0 saturated heterocycles. The summed E-state index contributed by atoms with van der Waals surface area (Å²) >= 11 is 0. The maximum Gasteiger partial charge on any atom is 0.267 e. The quantitative estimate of drug-likeness (QED) is 0.547. The molecule has 0 fully saturated rings. The van der Waals surface area contributed by atoms with E-state index in [1.807, 2.05) is 13.8 Å². The molecule has 1 aliphatic heterocycles. The molecule has 9 heteroatoms. The van der Waals surface area contributed by atoms with Crippen LogP contribution in [-0.2, 0) is 14.8 Å². The van der Waals surface area contributed by atoms with E-state index in [-0.39, 0.29) is 11.4 Å². The number of nitrogens with one attached hydrogen (secondary N) is 1. The normalized spacial score (nSPS) is 15.1. The number of carbonyl (C=O) groups excluding carboxylic acids is 1. The summed E-state index contributed by atoms with van der Waals surface area (Å²) in [6, 6.07) is 18.4. The monoisotopic (exact) mass is 482 g/mol. The molecule has 1 amide bonds. The topological polar surface area (TPSA) is 94.2 Å². The van der Waals surface area contributed by atoms with E-state index < -0.39 is 22.0 Å². The third kappa shape index (κ3) is 4.65. The van der Waals surface area contributed by atoms with Gasteiger partial charge in [-0.05, 0) is 67.9 Å². The highest BCUT2D eigenvalue weighted by atomic mass is 32.2. The lowest BCUT2D eigenvalue weighted by atomic mass is 10.1. The average Bonchev–Trinajstić information content (AvgIpc) is 2.84. The number of carbonyl (C=O) groups is 1. The van der Waals surface area contributed by atoms with Gasteiger partial charge in [0.1, 0.15) is 17.2 Å². The third-order valence-electron chi connectivity index (χ3n) is 5.37. The Hall–Kier alpha value is -3.72. The zero-order valence-electron chi connectivity index (χ0n) is 19.1. The van der Waals surface area contributed by atoms with Crippen LogP contribution in [0.15, 0.2) is 71.6 Å². The Morgan fingerprint density at radius 1 is 1.12 bits per heavy atom. The fraction of sp³-hybridized carbons (Fsp3) is 0.240. The first kappa shape index (κ1) is 23.4. The molecule has 3 aromatic rings. The van der Waals surface area contributed by atoms with Gasteiger partial charge in [-0.2, -0.15) is 0 Å². The van der Waals surface area contributed by atoms with Gasteiger partial charge in [0.15, 0.2) is 6.10 Å². The first-order valence-corrected chi connectivity index (χ1v) is 12.2. The molecule has 0 bridgehead atoms. The SMILES string of the molecule is CCOc1ccccc1NC(=O)[C@H]1CN(S(=O)(=O)c2ccc(OC)cc2)c2ccc(C)cc2O1. The van der Waals surface area contributed by atoms with E-state index in [1.165, 1.54) is 23.5 Å². The van der Waals surface area contributed by atoms with Crippen LogP contribution in [0.5, 0.6) is 17.2 Å². The first-order valence-electron chi connectivity index (χ1n) is 10.8. The summed E-state index contributed by atoms with van der Waals surface area (Å²) in [5, 5.41) is 2.81. The third-order valence-corrected chi connectivity index (χ3v) is 7.16. The van der Waals surface area contributed by atoms with E-state index >= 15 is 0 Å². The van der Waals surface area contributed by atoms with Gasteiger partial charge in [-0.25, -0.2) is 8.42 Å². The average molecular weight is 483 g/mol. The van der Waals surface area contributed by atoms with Gasteiger partial charge < -0.3 is 19.5 Å². The van der Waals surface area contributed by atoms with Crippen molar-refractivity contribution < 1.29 is 27.4 Å². The fourth-order valence-corrected chi connectivity index (χ4v) is 5.14. The number of sulfonamides is 1. The minimum absolute atomic E-state index is 0.0857. The van der Waals surface area contributed by atoms with E-state index in [2.05, 4.69) is 5.32 Å². The van der Waals surface area contributed by atoms with E-state index in [0.29, 0.717) is 35.2 Å². The molecular weight excluding hydrogens is 456 g/mol. The summed E-state index contributed by atoms with van der Waals surface area (Å²) in [4.78, 5) is 13.3. The van der Waals surface area contributed by atoms with Gasteiger partial charge in [-0.1, -0.05) is 18.2 Å². The molecule has 1 atom stereocenters. The minimum Gasteiger partial charge on any atom is -0.497 e. The molecule has 3 aromatic carbocycles. The van der Waals surface area contributed by atoms with Gasteiger partial charge in [0.05, 0.1) is 36.5 Å². The first-order chi connectivity index (χ1) is 16.3. The Labute approximate surface area is 199 Å². The van der Waals surface area contributed by atoms with Crippen LogP contribution in [0, 0.1) is 6.92 Å². The van der Waals surface area contributed by atoms with Crippen LogP contribution < -0.4 is 23.8 Å². The smallest absolute Gasteiger partial charge is 0.267 e. The zero-order chi connectivity index (χ0) is 24.3. The number of nitrogens with zero attached hydrogens (tertiary/aromatic N) is 1. The number of ether oxygens (including phenoxy) is 3. The molecular formula is C25H26N2O6S. The lowest BCUT2D eigenvalue weighted by molar-refractivity contribution is -0.122. The van der Waals surface area contributed by atoms with Crippen molar-refractivity contribution in [1.29, 1.82) is 0 Å². The number of methoxy groups -OCH3 is 1. The Balaban J connectivity index is 1.67. The van der Waals surface area contributed by atoms with Crippen LogP contribution in [0.2, 0.25) is 0 Å². The van der Waals surface area contributed by atoms with Gasteiger partial charge in [0.25, 0.3) is 15.9 Å². The summed E-state index contributed by atoms with van der Waals surface area (Å²) in [6.07, 6.45) is -1.07. The standard InChI is InChI=1S/C25H26N2O6S/c1-4-32-22-8-6-5-7-20(22)26-25(28)24-16-27(21-14-9-17(2)15-23(21)33-24)34(29,30)19-12-10-18(31-3)11-13-19/h5-15,24H,4,16H2,1-3H3,(H,26,28)/t24-/m1/s1. The number of hydrogen-bond donors (Lipinski definition) is 1. The number of para-hydroxylation sites is 2. The number of rotatable bonds is 7. The Morgan fingerprint density at radius 3 is 2.56 bits per heavy atom. The van der Waals surface area contributed by atoms with Crippen LogP contribution in [0.1, 0.15) is 12.5 Å². The maximum absolute atomic E-state index is 13.6. The van der Waals surface area contributed by atoms with E-state index in [9.17, 15) is 13.2 Å². The lowest BCUT2D eigenvalue weighted by Crippen LogP contribution is -2.48. The van der Waals surface area contributed by atoms with Crippen molar-refractivity contribution in [3.8, 4) is 17.2 Å². The van der Waals surface area contributed by atoms with Crippen molar-refractivity contribution in [3.63, 3.8) is 0 Å². The molecule has 1 N–H and O–H groups in total. The number of benzene rings is 3. The molecule has 178 valence electrons. The predicted molar refractivity (Wildman–Crippen MR) is 129 cm³/mol. The van der Waals surface area contributed by atoms with Gasteiger partial charge in [-0.15, -0.1) is 0 Å². The Morgan fingerprint density at radius 2 is 1.85 bits per heavy atom. The molecule has 34 heavy (non-hydrogen) atoms. The number of amides is 1. The minimum atomic E-state index is -3.98. The molecule has 0 spiro atoms. The van der Waals surface area contributed by atoms with Crippen molar-refractivity contribution >= 4 is 27.3 Å². The largest absolute Gasteiger partial charge is 0.497 e. The van der Waals surface area contributed by atoms with Crippen molar-refractivity contribution in [2.24, 2.45) is 0 Å². The molecule has 1 heterocycles. The molecule has 0 aromatic heterocycles. The molecule has 4 rings (SSSR count). The predicted octanol–water partition coefficient (Wildman–Crippen LogP) is 4.00. The second kappa shape index (κ2) is 9.64.